The van der Waals surface area contributed by atoms with E-state index < -0.39 is 0 Å². The number of hydrogen-bond acceptors (Lipinski definition) is 3. The monoisotopic (exact) mass is 314 g/mol. The average Bonchev–Trinajstić information content (AvgIpc) is 2.33. The van der Waals surface area contributed by atoms with E-state index in [0.717, 1.165) is 17.3 Å². The summed E-state index contributed by atoms with van der Waals surface area (Å²) in [5, 5.41) is 11.8. The molecule has 0 aliphatic carbocycles. The van der Waals surface area contributed by atoms with Crippen LogP contribution >= 0.6 is 15.9 Å². The molecule has 1 aromatic rings. The molecular formula is C13H19BrN2O2. The van der Waals surface area contributed by atoms with E-state index in [9.17, 15) is 0 Å². The SMILES string of the molecule is CC(C)CCCOc1cccc(Br)c1/C(N)=N/O. The van der Waals surface area contributed by atoms with Crippen molar-refractivity contribution in [1.29, 1.82) is 0 Å². The number of benzene rings is 1. The molecule has 1 aromatic carbocycles. The first kappa shape index (κ1) is 14.8. The van der Waals surface area contributed by atoms with Gasteiger partial charge in [0.2, 0.25) is 0 Å². The molecule has 1 rings (SSSR count). The van der Waals surface area contributed by atoms with Crippen LogP contribution in [0.3, 0.4) is 0 Å². The molecule has 0 aromatic heterocycles. The molecule has 5 heteroatoms. The van der Waals surface area contributed by atoms with Gasteiger partial charge in [0.15, 0.2) is 5.84 Å². The van der Waals surface area contributed by atoms with Gasteiger partial charge in [0.05, 0.1) is 12.2 Å². The highest BCUT2D eigenvalue weighted by Gasteiger charge is 2.12. The Morgan fingerprint density at radius 3 is 2.83 bits per heavy atom. The van der Waals surface area contributed by atoms with Crippen LogP contribution in [0.4, 0.5) is 0 Å². The highest BCUT2D eigenvalue weighted by atomic mass is 79.9. The Labute approximate surface area is 116 Å². The van der Waals surface area contributed by atoms with Crippen molar-refractivity contribution in [3.05, 3.63) is 28.2 Å². The molecule has 3 N–H and O–H groups in total. The van der Waals surface area contributed by atoms with Crippen molar-refractivity contribution >= 4 is 21.8 Å². The van der Waals surface area contributed by atoms with E-state index in [1.807, 2.05) is 18.2 Å². The van der Waals surface area contributed by atoms with Crippen molar-refractivity contribution in [1.82, 2.24) is 0 Å². The smallest absolute Gasteiger partial charge is 0.174 e. The van der Waals surface area contributed by atoms with Gasteiger partial charge in [0, 0.05) is 4.47 Å². The van der Waals surface area contributed by atoms with Crippen LogP contribution in [0, 0.1) is 5.92 Å². The molecule has 0 amide bonds. The van der Waals surface area contributed by atoms with Gasteiger partial charge in [-0.05, 0) is 46.8 Å². The number of nitrogens with zero attached hydrogens (tertiary/aromatic N) is 1. The largest absolute Gasteiger partial charge is 0.493 e. The predicted octanol–water partition coefficient (Wildman–Crippen LogP) is 3.36. The van der Waals surface area contributed by atoms with Crippen LogP contribution in [-0.4, -0.2) is 17.6 Å². The summed E-state index contributed by atoms with van der Waals surface area (Å²) in [6.07, 6.45) is 2.10. The highest BCUT2D eigenvalue weighted by Crippen LogP contribution is 2.26. The van der Waals surface area contributed by atoms with Crippen LogP contribution in [0.5, 0.6) is 5.75 Å². The molecule has 0 saturated carbocycles. The van der Waals surface area contributed by atoms with Gasteiger partial charge in [-0.15, -0.1) is 0 Å². The second-order valence-corrected chi connectivity index (χ2v) is 5.34. The molecular weight excluding hydrogens is 296 g/mol. The summed E-state index contributed by atoms with van der Waals surface area (Å²) in [5.41, 5.74) is 6.23. The van der Waals surface area contributed by atoms with Crippen molar-refractivity contribution in [2.45, 2.75) is 26.7 Å². The van der Waals surface area contributed by atoms with Crippen molar-refractivity contribution < 1.29 is 9.94 Å². The Morgan fingerprint density at radius 1 is 1.50 bits per heavy atom. The number of halogens is 1. The fourth-order valence-electron chi connectivity index (χ4n) is 1.60. The molecule has 0 unspecified atom stereocenters. The lowest BCUT2D eigenvalue weighted by atomic mass is 10.1. The van der Waals surface area contributed by atoms with Crippen molar-refractivity contribution in [2.24, 2.45) is 16.8 Å². The first-order valence-corrected chi connectivity index (χ1v) is 6.74. The normalized spacial score (nSPS) is 11.9. The standard InChI is InChI=1S/C13H19BrN2O2/c1-9(2)5-4-8-18-11-7-3-6-10(14)12(11)13(15)16-17/h3,6-7,9,17H,4-5,8H2,1-2H3,(H2,15,16). The van der Waals surface area contributed by atoms with E-state index in [1.165, 1.54) is 0 Å². The van der Waals surface area contributed by atoms with Crippen LogP contribution in [0.25, 0.3) is 0 Å². The Kier molecular flexibility index (Phi) is 5.98. The second-order valence-electron chi connectivity index (χ2n) is 4.48. The van der Waals surface area contributed by atoms with E-state index >= 15 is 0 Å². The Bertz CT molecular complexity index is 419. The summed E-state index contributed by atoms with van der Waals surface area (Å²) in [5.74, 6) is 1.34. The van der Waals surface area contributed by atoms with Gasteiger partial charge in [0.25, 0.3) is 0 Å². The van der Waals surface area contributed by atoms with Gasteiger partial charge in [-0.1, -0.05) is 25.1 Å². The van der Waals surface area contributed by atoms with Crippen LogP contribution < -0.4 is 10.5 Å². The summed E-state index contributed by atoms with van der Waals surface area (Å²) in [4.78, 5) is 0. The molecule has 0 radical (unpaired) electrons. The number of amidine groups is 1. The molecule has 0 spiro atoms. The molecule has 0 heterocycles. The lowest BCUT2D eigenvalue weighted by Gasteiger charge is -2.12. The molecule has 0 bridgehead atoms. The zero-order valence-corrected chi connectivity index (χ0v) is 12.3. The second kappa shape index (κ2) is 7.26. The third kappa shape index (κ3) is 4.22. The summed E-state index contributed by atoms with van der Waals surface area (Å²) >= 11 is 3.37. The van der Waals surface area contributed by atoms with E-state index in [1.54, 1.807) is 0 Å². The minimum absolute atomic E-state index is 0.0429. The summed E-state index contributed by atoms with van der Waals surface area (Å²) in [7, 11) is 0. The van der Waals surface area contributed by atoms with Gasteiger partial charge in [-0.25, -0.2) is 0 Å². The summed E-state index contributed by atoms with van der Waals surface area (Å²) in [6.45, 7) is 4.99. The quantitative estimate of drug-likeness (QED) is 0.278. The molecule has 0 fully saturated rings. The lowest BCUT2D eigenvalue weighted by Crippen LogP contribution is -2.16. The van der Waals surface area contributed by atoms with Crippen molar-refractivity contribution in [3.63, 3.8) is 0 Å². The molecule has 18 heavy (non-hydrogen) atoms. The first-order valence-electron chi connectivity index (χ1n) is 5.95. The highest BCUT2D eigenvalue weighted by molar-refractivity contribution is 9.10. The lowest BCUT2D eigenvalue weighted by molar-refractivity contribution is 0.295. The number of oxime groups is 1. The molecule has 0 aliphatic heterocycles. The Hall–Kier alpha value is -1.23. The van der Waals surface area contributed by atoms with Crippen molar-refractivity contribution in [2.75, 3.05) is 6.61 Å². The number of ether oxygens (including phenoxy) is 1. The number of nitrogens with two attached hydrogens (primary N) is 1. The fraction of sp³-hybridized carbons (Fsp3) is 0.462. The van der Waals surface area contributed by atoms with Crippen molar-refractivity contribution in [3.8, 4) is 5.75 Å². The Morgan fingerprint density at radius 2 is 2.22 bits per heavy atom. The molecule has 4 nitrogen and oxygen atoms in total. The maximum atomic E-state index is 8.77. The Balaban J connectivity index is 2.73. The van der Waals surface area contributed by atoms with E-state index in [4.69, 9.17) is 15.7 Å². The molecule has 100 valence electrons. The van der Waals surface area contributed by atoms with Gasteiger partial charge < -0.3 is 15.7 Å². The minimum atomic E-state index is 0.0429. The molecule has 0 saturated heterocycles. The minimum Gasteiger partial charge on any atom is -0.493 e. The summed E-state index contributed by atoms with van der Waals surface area (Å²) < 4.78 is 6.44. The average molecular weight is 315 g/mol. The zero-order chi connectivity index (χ0) is 13.5. The fourth-order valence-corrected chi connectivity index (χ4v) is 2.15. The van der Waals surface area contributed by atoms with Crippen LogP contribution in [0.1, 0.15) is 32.3 Å². The summed E-state index contributed by atoms with van der Waals surface area (Å²) in [6, 6.07) is 5.50. The van der Waals surface area contributed by atoms with Crippen LogP contribution in [-0.2, 0) is 0 Å². The molecule has 0 atom stereocenters. The van der Waals surface area contributed by atoms with Crippen LogP contribution in [0.2, 0.25) is 0 Å². The van der Waals surface area contributed by atoms with Gasteiger partial charge in [-0.3, -0.25) is 0 Å². The number of rotatable bonds is 6. The third-order valence-electron chi connectivity index (χ3n) is 2.52. The number of hydrogen-bond donors (Lipinski definition) is 2. The third-order valence-corrected chi connectivity index (χ3v) is 3.18. The van der Waals surface area contributed by atoms with Gasteiger partial charge in [0.1, 0.15) is 5.75 Å². The van der Waals surface area contributed by atoms with E-state index in [2.05, 4.69) is 34.9 Å². The topological polar surface area (TPSA) is 67.8 Å². The van der Waals surface area contributed by atoms with Crippen LogP contribution in [0.15, 0.2) is 27.8 Å². The van der Waals surface area contributed by atoms with Gasteiger partial charge in [-0.2, -0.15) is 0 Å². The van der Waals surface area contributed by atoms with Gasteiger partial charge >= 0.3 is 0 Å². The maximum Gasteiger partial charge on any atom is 0.174 e. The predicted molar refractivity (Wildman–Crippen MR) is 76.2 cm³/mol. The first-order chi connectivity index (χ1) is 8.56. The maximum absolute atomic E-state index is 8.77. The molecule has 0 aliphatic rings. The zero-order valence-electron chi connectivity index (χ0n) is 10.7. The van der Waals surface area contributed by atoms with E-state index in [-0.39, 0.29) is 5.84 Å². The van der Waals surface area contributed by atoms with E-state index in [0.29, 0.717) is 23.8 Å².